The Morgan fingerprint density at radius 2 is 1.89 bits per heavy atom. The second-order valence-electron chi connectivity index (χ2n) is 6.84. The van der Waals surface area contributed by atoms with Crippen LogP contribution in [0.15, 0.2) is 12.3 Å². The van der Waals surface area contributed by atoms with Crippen LogP contribution in [-0.4, -0.2) is 45.2 Å². The number of carbonyl (C=O) groups excluding carboxylic acids is 1. The molecule has 0 bridgehead atoms. The van der Waals surface area contributed by atoms with Crippen molar-refractivity contribution in [3.8, 4) is 0 Å². The van der Waals surface area contributed by atoms with Gasteiger partial charge >= 0.3 is 0 Å². The Morgan fingerprint density at radius 1 is 1.32 bits per heavy atom. The normalized spacial score (nSPS) is 22.2. The van der Waals surface area contributed by atoms with Crippen LogP contribution < -0.4 is 5.32 Å². The lowest BCUT2D eigenvalue weighted by atomic mass is 9.79. The van der Waals surface area contributed by atoms with Crippen molar-refractivity contribution in [2.45, 2.75) is 57.7 Å². The van der Waals surface area contributed by atoms with Crippen LogP contribution in [0.1, 0.15) is 51.0 Å². The van der Waals surface area contributed by atoms with Gasteiger partial charge in [0.2, 0.25) is 0 Å². The third kappa shape index (κ3) is 3.15. The first-order valence-electron chi connectivity index (χ1n) is 6.76. The average Bonchev–Trinajstić information content (AvgIpc) is 2.76. The highest BCUT2D eigenvalue weighted by atomic mass is 16.2. The third-order valence-electron chi connectivity index (χ3n) is 3.77. The van der Waals surface area contributed by atoms with E-state index in [2.05, 4.69) is 43.2 Å². The zero-order valence-corrected chi connectivity index (χ0v) is 12.4. The molecule has 1 amide bonds. The lowest BCUT2D eigenvalue weighted by Gasteiger charge is -2.48. The van der Waals surface area contributed by atoms with Gasteiger partial charge in [-0.25, -0.2) is 0 Å². The van der Waals surface area contributed by atoms with Crippen molar-refractivity contribution < 1.29 is 4.79 Å². The Bertz CT molecular complexity index is 434. The van der Waals surface area contributed by atoms with Gasteiger partial charge in [-0.05, 0) is 46.6 Å². The maximum absolute atomic E-state index is 12.4. The first-order chi connectivity index (χ1) is 8.70. The highest BCUT2D eigenvalue weighted by Gasteiger charge is 2.40. The fourth-order valence-electron chi connectivity index (χ4n) is 3.27. The van der Waals surface area contributed by atoms with Crippen LogP contribution in [0.25, 0.3) is 0 Å². The molecule has 0 unspecified atom stereocenters. The first-order valence-corrected chi connectivity index (χ1v) is 6.76. The number of nitrogens with one attached hydrogen (secondary N) is 2. The van der Waals surface area contributed by atoms with E-state index >= 15 is 0 Å². The largest absolute Gasteiger partial charge is 0.337 e. The number of hydrogen-bond acceptors (Lipinski definition) is 3. The van der Waals surface area contributed by atoms with Crippen LogP contribution in [0.5, 0.6) is 0 Å². The number of aromatic nitrogens is 2. The molecule has 0 spiro atoms. The summed E-state index contributed by atoms with van der Waals surface area (Å²) >= 11 is 0. The van der Waals surface area contributed by atoms with Crippen LogP contribution >= 0.6 is 0 Å². The number of aromatic amines is 1. The zero-order valence-electron chi connectivity index (χ0n) is 12.4. The van der Waals surface area contributed by atoms with Crippen LogP contribution in [0.4, 0.5) is 0 Å². The Hall–Kier alpha value is -1.36. The molecule has 2 rings (SSSR count). The van der Waals surface area contributed by atoms with E-state index in [9.17, 15) is 4.79 Å². The van der Waals surface area contributed by atoms with Gasteiger partial charge in [0.15, 0.2) is 0 Å². The predicted molar refractivity (Wildman–Crippen MR) is 75.0 cm³/mol. The molecule has 0 radical (unpaired) electrons. The monoisotopic (exact) mass is 264 g/mol. The molecule has 0 aromatic carbocycles. The Balaban J connectivity index is 2.14. The van der Waals surface area contributed by atoms with E-state index in [1.165, 1.54) is 0 Å². The molecule has 1 aromatic heterocycles. The molecule has 5 nitrogen and oxygen atoms in total. The van der Waals surface area contributed by atoms with Crippen molar-refractivity contribution in [1.82, 2.24) is 20.4 Å². The van der Waals surface area contributed by atoms with Crippen LogP contribution in [0, 0.1) is 0 Å². The van der Waals surface area contributed by atoms with Gasteiger partial charge < -0.3 is 10.2 Å². The van der Waals surface area contributed by atoms with Crippen molar-refractivity contribution in [1.29, 1.82) is 0 Å². The molecule has 2 heterocycles. The number of hydrogen-bond donors (Lipinski definition) is 2. The molecule has 2 N–H and O–H groups in total. The summed E-state index contributed by atoms with van der Waals surface area (Å²) in [6, 6.07) is 1.96. The molecule has 0 aliphatic carbocycles. The third-order valence-corrected chi connectivity index (χ3v) is 3.77. The predicted octanol–water partition coefficient (Wildman–Crippen LogP) is 1.79. The van der Waals surface area contributed by atoms with E-state index < -0.39 is 0 Å². The summed E-state index contributed by atoms with van der Waals surface area (Å²) in [7, 11) is 1.88. The van der Waals surface area contributed by atoms with E-state index in [0.717, 1.165) is 12.8 Å². The quantitative estimate of drug-likeness (QED) is 0.856. The number of carbonyl (C=O) groups is 1. The second kappa shape index (κ2) is 4.63. The molecular formula is C14H24N4O. The topological polar surface area (TPSA) is 61.0 Å². The minimum absolute atomic E-state index is 0.0102. The van der Waals surface area contributed by atoms with Crippen molar-refractivity contribution in [3.63, 3.8) is 0 Å². The maximum atomic E-state index is 12.4. The highest BCUT2D eigenvalue weighted by Crippen LogP contribution is 2.31. The second-order valence-corrected chi connectivity index (χ2v) is 6.84. The molecule has 1 aromatic rings. The smallest absolute Gasteiger partial charge is 0.271 e. The van der Waals surface area contributed by atoms with Gasteiger partial charge in [0.1, 0.15) is 5.69 Å². The first kappa shape index (κ1) is 14.1. The average molecular weight is 264 g/mol. The van der Waals surface area contributed by atoms with E-state index in [1.807, 2.05) is 11.9 Å². The van der Waals surface area contributed by atoms with Gasteiger partial charge in [-0.15, -0.1) is 0 Å². The van der Waals surface area contributed by atoms with Gasteiger partial charge in [-0.3, -0.25) is 9.89 Å². The van der Waals surface area contributed by atoms with Crippen molar-refractivity contribution in [2.24, 2.45) is 0 Å². The number of nitrogens with zero attached hydrogens (tertiary/aromatic N) is 2. The van der Waals surface area contributed by atoms with Gasteiger partial charge in [-0.1, -0.05) is 0 Å². The lowest BCUT2D eigenvalue weighted by molar-refractivity contribution is 0.0523. The number of rotatable bonds is 2. The summed E-state index contributed by atoms with van der Waals surface area (Å²) in [6.45, 7) is 8.76. The van der Waals surface area contributed by atoms with Gasteiger partial charge in [0, 0.05) is 30.4 Å². The summed E-state index contributed by atoms with van der Waals surface area (Å²) in [6.07, 6.45) is 3.51. The number of amides is 1. The van der Waals surface area contributed by atoms with E-state index in [4.69, 9.17) is 0 Å². The van der Waals surface area contributed by atoms with E-state index in [1.54, 1.807) is 12.3 Å². The summed E-state index contributed by atoms with van der Waals surface area (Å²) in [5, 5.41) is 10.2. The molecule has 0 atom stereocenters. The molecule has 1 aliphatic heterocycles. The molecule has 1 aliphatic rings. The van der Waals surface area contributed by atoms with Crippen molar-refractivity contribution >= 4 is 5.91 Å². The lowest BCUT2D eigenvalue weighted by Crippen LogP contribution is -2.62. The fourth-order valence-corrected chi connectivity index (χ4v) is 3.27. The molecule has 1 saturated heterocycles. The molecule has 5 heteroatoms. The minimum Gasteiger partial charge on any atom is -0.337 e. The van der Waals surface area contributed by atoms with Gasteiger partial charge in [0.05, 0.1) is 0 Å². The van der Waals surface area contributed by atoms with Crippen LogP contribution in [-0.2, 0) is 0 Å². The molecule has 0 saturated carbocycles. The SMILES string of the molecule is CN(C(=O)c1ccn[nH]1)C1CC(C)(C)NC(C)(C)C1. The van der Waals surface area contributed by atoms with Gasteiger partial charge in [0.25, 0.3) is 5.91 Å². The van der Waals surface area contributed by atoms with Crippen molar-refractivity contribution in [2.75, 3.05) is 7.05 Å². The fraction of sp³-hybridized carbons (Fsp3) is 0.714. The number of piperidine rings is 1. The number of H-pyrrole nitrogens is 1. The minimum atomic E-state index is 0.0102. The summed E-state index contributed by atoms with van der Waals surface area (Å²) in [5.41, 5.74) is 0.626. The standard InChI is InChI=1S/C14H24N4O/c1-13(2)8-10(9-14(3,4)17-13)18(5)12(19)11-6-7-15-16-11/h6-7,10,17H,8-9H2,1-5H3,(H,15,16). The van der Waals surface area contributed by atoms with Crippen molar-refractivity contribution in [3.05, 3.63) is 18.0 Å². The Kier molecular flexibility index (Phi) is 3.43. The maximum Gasteiger partial charge on any atom is 0.271 e. The van der Waals surface area contributed by atoms with E-state index in [-0.39, 0.29) is 23.0 Å². The zero-order chi connectivity index (χ0) is 14.3. The van der Waals surface area contributed by atoms with E-state index in [0.29, 0.717) is 5.69 Å². The van der Waals surface area contributed by atoms with Gasteiger partial charge in [-0.2, -0.15) is 5.10 Å². The molecule has 106 valence electrons. The summed E-state index contributed by atoms with van der Waals surface area (Å²) in [5.74, 6) is 0.0102. The Labute approximate surface area is 114 Å². The molecule has 1 fully saturated rings. The Morgan fingerprint density at radius 3 is 2.37 bits per heavy atom. The summed E-state index contributed by atoms with van der Waals surface area (Å²) < 4.78 is 0. The molecular weight excluding hydrogens is 240 g/mol. The summed E-state index contributed by atoms with van der Waals surface area (Å²) in [4.78, 5) is 14.2. The highest BCUT2D eigenvalue weighted by molar-refractivity contribution is 5.92. The van der Waals surface area contributed by atoms with Crippen LogP contribution in [0.3, 0.4) is 0 Å². The molecule has 19 heavy (non-hydrogen) atoms. The van der Waals surface area contributed by atoms with Crippen LogP contribution in [0.2, 0.25) is 0 Å².